The highest BCUT2D eigenvalue weighted by Gasteiger charge is 2.10. The van der Waals surface area contributed by atoms with Gasteiger partial charge in [0.05, 0.1) is 17.9 Å². The third-order valence-corrected chi connectivity index (χ3v) is 3.22. The van der Waals surface area contributed by atoms with Gasteiger partial charge in [-0.1, -0.05) is 6.07 Å². The highest BCUT2D eigenvalue weighted by atomic mass is 127. The molecule has 0 aliphatic rings. The summed E-state index contributed by atoms with van der Waals surface area (Å²) in [6, 6.07) is 12.4. The van der Waals surface area contributed by atoms with E-state index in [9.17, 15) is 4.79 Å². The zero-order chi connectivity index (χ0) is 14.5. The minimum Gasteiger partial charge on any atom is -0.462 e. The minimum absolute atomic E-state index is 0.330. The average molecular weight is 383 g/mol. The summed E-state index contributed by atoms with van der Waals surface area (Å²) >= 11 is 2.20. The van der Waals surface area contributed by atoms with Gasteiger partial charge in [0.2, 0.25) is 0 Å². The normalized spacial score (nSPS) is 10.1. The van der Waals surface area contributed by atoms with Crippen LogP contribution < -0.4 is 10.5 Å². The van der Waals surface area contributed by atoms with Gasteiger partial charge in [0.15, 0.2) is 5.75 Å². The van der Waals surface area contributed by atoms with Gasteiger partial charge in [-0.05, 0) is 65.9 Å². The van der Waals surface area contributed by atoms with Crippen LogP contribution in [0.25, 0.3) is 0 Å². The molecular formula is C15H14INO3. The van der Waals surface area contributed by atoms with E-state index < -0.39 is 0 Å². The molecule has 0 aliphatic carbocycles. The molecular weight excluding hydrogens is 369 g/mol. The second-order valence-electron chi connectivity index (χ2n) is 4.03. The van der Waals surface area contributed by atoms with E-state index in [0.29, 0.717) is 29.4 Å². The van der Waals surface area contributed by atoms with E-state index in [4.69, 9.17) is 15.2 Å². The van der Waals surface area contributed by atoms with Gasteiger partial charge in [-0.2, -0.15) is 0 Å². The quantitative estimate of drug-likeness (QED) is 0.495. The van der Waals surface area contributed by atoms with Crippen molar-refractivity contribution in [3.05, 3.63) is 51.6 Å². The maximum Gasteiger partial charge on any atom is 0.338 e. The molecule has 2 aromatic carbocycles. The maximum absolute atomic E-state index is 11.7. The second-order valence-corrected chi connectivity index (χ2v) is 5.28. The molecule has 0 unspecified atom stereocenters. The van der Waals surface area contributed by atoms with Crippen LogP contribution in [0.3, 0.4) is 0 Å². The molecule has 0 saturated heterocycles. The number of halogens is 1. The molecule has 4 nitrogen and oxygen atoms in total. The summed E-state index contributed by atoms with van der Waals surface area (Å²) in [4.78, 5) is 11.7. The number of hydrogen-bond acceptors (Lipinski definition) is 4. The van der Waals surface area contributed by atoms with Crippen LogP contribution >= 0.6 is 22.6 Å². The molecule has 0 bridgehead atoms. The summed E-state index contributed by atoms with van der Waals surface area (Å²) < 4.78 is 11.7. The SMILES string of the molecule is CCOC(=O)c1ccc(N)c(Oc2cccc(I)c2)c1. The molecule has 2 rings (SSSR count). The number of hydrogen-bond donors (Lipinski definition) is 1. The first-order valence-electron chi connectivity index (χ1n) is 6.10. The van der Waals surface area contributed by atoms with Gasteiger partial charge >= 0.3 is 5.97 Å². The molecule has 2 aromatic rings. The van der Waals surface area contributed by atoms with Gasteiger partial charge in [-0.3, -0.25) is 0 Å². The Hall–Kier alpha value is -1.76. The zero-order valence-electron chi connectivity index (χ0n) is 10.9. The van der Waals surface area contributed by atoms with Crippen molar-refractivity contribution >= 4 is 34.2 Å². The summed E-state index contributed by atoms with van der Waals surface area (Å²) in [6.45, 7) is 2.09. The minimum atomic E-state index is -0.389. The van der Waals surface area contributed by atoms with Crippen LogP contribution in [0.5, 0.6) is 11.5 Å². The van der Waals surface area contributed by atoms with Crippen LogP contribution in [0.15, 0.2) is 42.5 Å². The van der Waals surface area contributed by atoms with E-state index in [2.05, 4.69) is 22.6 Å². The molecule has 5 heteroatoms. The van der Waals surface area contributed by atoms with Crippen LogP contribution in [0.2, 0.25) is 0 Å². The van der Waals surface area contributed by atoms with Gasteiger partial charge in [0.25, 0.3) is 0 Å². The van der Waals surface area contributed by atoms with E-state index in [1.54, 1.807) is 25.1 Å². The Kier molecular flexibility index (Phi) is 4.84. The smallest absolute Gasteiger partial charge is 0.338 e. The molecule has 0 fully saturated rings. The van der Waals surface area contributed by atoms with Gasteiger partial charge < -0.3 is 15.2 Å². The number of rotatable bonds is 4. The number of nitrogen functional groups attached to an aromatic ring is 1. The van der Waals surface area contributed by atoms with Crippen molar-refractivity contribution in [3.63, 3.8) is 0 Å². The largest absolute Gasteiger partial charge is 0.462 e. The topological polar surface area (TPSA) is 61.5 Å². The first kappa shape index (κ1) is 14.6. The number of anilines is 1. The molecule has 104 valence electrons. The molecule has 0 heterocycles. The van der Waals surface area contributed by atoms with Gasteiger partial charge in [-0.25, -0.2) is 4.79 Å². The number of esters is 1. The Balaban J connectivity index is 2.27. The first-order chi connectivity index (χ1) is 9.60. The highest BCUT2D eigenvalue weighted by molar-refractivity contribution is 14.1. The summed E-state index contributed by atoms with van der Waals surface area (Å²) in [6.07, 6.45) is 0. The van der Waals surface area contributed by atoms with Gasteiger partial charge in [-0.15, -0.1) is 0 Å². The van der Waals surface area contributed by atoms with Crippen LogP contribution in [-0.4, -0.2) is 12.6 Å². The number of carbonyl (C=O) groups is 1. The summed E-state index contributed by atoms with van der Waals surface area (Å²) in [7, 11) is 0. The van der Waals surface area contributed by atoms with Crippen LogP contribution in [0.4, 0.5) is 5.69 Å². The van der Waals surface area contributed by atoms with E-state index in [1.807, 2.05) is 24.3 Å². The second kappa shape index (κ2) is 6.60. The van der Waals surface area contributed by atoms with Crippen molar-refractivity contribution in [2.24, 2.45) is 0 Å². The van der Waals surface area contributed by atoms with Crippen molar-refractivity contribution in [1.29, 1.82) is 0 Å². The number of benzene rings is 2. The van der Waals surface area contributed by atoms with Crippen LogP contribution in [0, 0.1) is 3.57 Å². The molecule has 2 N–H and O–H groups in total. The Morgan fingerprint density at radius 3 is 2.75 bits per heavy atom. The zero-order valence-corrected chi connectivity index (χ0v) is 13.1. The van der Waals surface area contributed by atoms with E-state index in [-0.39, 0.29) is 5.97 Å². The predicted molar refractivity (Wildman–Crippen MR) is 86.0 cm³/mol. The fraction of sp³-hybridized carbons (Fsp3) is 0.133. The van der Waals surface area contributed by atoms with Crippen molar-refractivity contribution in [2.45, 2.75) is 6.92 Å². The third-order valence-electron chi connectivity index (χ3n) is 2.55. The lowest BCUT2D eigenvalue weighted by Crippen LogP contribution is -2.05. The molecule has 0 aromatic heterocycles. The van der Waals surface area contributed by atoms with Crippen LogP contribution in [0.1, 0.15) is 17.3 Å². The molecule has 0 atom stereocenters. The predicted octanol–water partition coefficient (Wildman–Crippen LogP) is 3.84. The van der Waals surface area contributed by atoms with Gasteiger partial charge in [0, 0.05) is 3.57 Å². The number of carbonyl (C=O) groups excluding carboxylic acids is 1. The van der Waals surface area contributed by atoms with Crippen molar-refractivity contribution in [1.82, 2.24) is 0 Å². The maximum atomic E-state index is 11.7. The Morgan fingerprint density at radius 1 is 1.25 bits per heavy atom. The summed E-state index contributed by atoms with van der Waals surface area (Å²) in [5, 5.41) is 0. The summed E-state index contributed by atoms with van der Waals surface area (Å²) in [5.74, 6) is 0.724. The van der Waals surface area contributed by atoms with E-state index in [1.165, 1.54) is 0 Å². The number of nitrogens with two attached hydrogens (primary N) is 1. The van der Waals surface area contributed by atoms with Crippen LogP contribution in [-0.2, 0) is 4.74 Å². The standard InChI is InChI=1S/C15H14INO3/c1-2-19-15(18)10-6-7-13(17)14(8-10)20-12-5-3-4-11(16)9-12/h3-9H,2,17H2,1H3. The van der Waals surface area contributed by atoms with Crippen molar-refractivity contribution < 1.29 is 14.3 Å². The molecule has 0 amide bonds. The fourth-order valence-corrected chi connectivity index (χ4v) is 2.14. The molecule has 0 saturated carbocycles. The van der Waals surface area contributed by atoms with Crippen molar-refractivity contribution in [3.8, 4) is 11.5 Å². The lowest BCUT2D eigenvalue weighted by Gasteiger charge is -2.10. The van der Waals surface area contributed by atoms with E-state index in [0.717, 1.165) is 3.57 Å². The lowest BCUT2D eigenvalue weighted by atomic mass is 10.2. The monoisotopic (exact) mass is 383 g/mol. The first-order valence-corrected chi connectivity index (χ1v) is 7.18. The van der Waals surface area contributed by atoms with E-state index >= 15 is 0 Å². The Morgan fingerprint density at radius 2 is 2.05 bits per heavy atom. The van der Waals surface area contributed by atoms with Gasteiger partial charge in [0.1, 0.15) is 5.75 Å². The molecule has 20 heavy (non-hydrogen) atoms. The third kappa shape index (κ3) is 3.63. The Bertz CT molecular complexity index is 628. The molecule has 0 spiro atoms. The van der Waals surface area contributed by atoms with Crippen molar-refractivity contribution in [2.75, 3.05) is 12.3 Å². The Labute approximate surface area is 131 Å². The fourth-order valence-electron chi connectivity index (χ4n) is 1.62. The average Bonchev–Trinajstić information content (AvgIpc) is 2.41. The summed E-state index contributed by atoms with van der Waals surface area (Å²) in [5.41, 5.74) is 6.76. The molecule has 0 aliphatic heterocycles. The highest BCUT2D eigenvalue weighted by Crippen LogP contribution is 2.29. The lowest BCUT2D eigenvalue weighted by molar-refractivity contribution is 0.0526. The molecule has 0 radical (unpaired) electrons. The number of ether oxygens (including phenoxy) is 2.